The number of amides is 1. The zero-order valence-electron chi connectivity index (χ0n) is 14.3. The molecule has 0 radical (unpaired) electrons. The molecule has 0 spiro atoms. The molecule has 0 saturated carbocycles. The minimum Gasteiger partial charge on any atom is -0.342 e. The fourth-order valence-corrected chi connectivity index (χ4v) is 2.76. The summed E-state index contributed by atoms with van der Waals surface area (Å²) < 4.78 is 0. The molecule has 0 aromatic carbocycles. The van der Waals surface area contributed by atoms with Crippen LogP contribution in [0.15, 0.2) is 0 Å². The van der Waals surface area contributed by atoms with Crippen LogP contribution in [0.1, 0.15) is 90.9 Å². The third-order valence-electron chi connectivity index (χ3n) is 3.98. The molecule has 126 valence electrons. The van der Waals surface area contributed by atoms with E-state index in [1.807, 2.05) is 4.90 Å². The van der Waals surface area contributed by atoms with Crippen molar-refractivity contribution in [2.75, 3.05) is 19.0 Å². The highest BCUT2D eigenvalue weighted by atomic mass is 35.5. The standard InChI is InChI=1S/C18H36ClNO/c1-3-5-7-8-9-10-11-12-13-14-18(21)20(17-15-19)16-6-4-2/h3-17H2,1-2H3. The zero-order valence-corrected chi connectivity index (χ0v) is 15.1. The first-order valence-electron chi connectivity index (χ1n) is 9.10. The minimum absolute atomic E-state index is 0.298. The molecule has 0 bridgehead atoms. The van der Waals surface area contributed by atoms with E-state index in [1.165, 1.54) is 51.4 Å². The molecule has 1 amide bonds. The molecule has 0 aliphatic rings. The van der Waals surface area contributed by atoms with Crippen LogP contribution in [0.5, 0.6) is 0 Å². The Morgan fingerprint density at radius 1 is 0.762 bits per heavy atom. The van der Waals surface area contributed by atoms with Gasteiger partial charge in [0.2, 0.25) is 5.91 Å². The molecule has 21 heavy (non-hydrogen) atoms. The van der Waals surface area contributed by atoms with Crippen molar-refractivity contribution in [3.8, 4) is 0 Å². The van der Waals surface area contributed by atoms with Crippen LogP contribution in [-0.2, 0) is 4.79 Å². The van der Waals surface area contributed by atoms with Crippen molar-refractivity contribution < 1.29 is 4.79 Å². The third kappa shape index (κ3) is 13.2. The topological polar surface area (TPSA) is 20.3 Å². The monoisotopic (exact) mass is 317 g/mol. The summed E-state index contributed by atoms with van der Waals surface area (Å²) in [5, 5.41) is 0. The van der Waals surface area contributed by atoms with E-state index >= 15 is 0 Å². The zero-order chi connectivity index (χ0) is 15.8. The van der Waals surface area contributed by atoms with Gasteiger partial charge in [0.25, 0.3) is 0 Å². The number of carbonyl (C=O) groups is 1. The van der Waals surface area contributed by atoms with Gasteiger partial charge in [0.15, 0.2) is 0 Å². The number of hydrogen-bond donors (Lipinski definition) is 0. The van der Waals surface area contributed by atoms with Crippen molar-refractivity contribution in [1.82, 2.24) is 4.90 Å². The van der Waals surface area contributed by atoms with Gasteiger partial charge in [-0.25, -0.2) is 0 Å². The Balaban J connectivity index is 3.53. The molecule has 3 heteroatoms. The highest BCUT2D eigenvalue weighted by Crippen LogP contribution is 2.11. The Labute approximate surface area is 137 Å². The van der Waals surface area contributed by atoms with Gasteiger partial charge in [-0.15, -0.1) is 11.6 Å². The summed E-state index contributed by atoms with van der Waals surface area (Å²) >= 11 is 5.78. The first-order valence-corrected chi connectivity index (χ1v) is 9.63. The van der Waals surface area contributed by atoms with Crippen LogP contribution in [0, 0.1) is 0 Å². The van der Waals surface area contributed by atoms with Crippen LogP contribution in [0.25, 0.3) is 0 Å². The first-order chi connectivity index (χ1) is 10.3. The third-order valence-corrected chi connectivity index (χ3v) is 4.15. The van der Waals surface area contributed by atoms with Gasteiger partial charge in [-0.3, -0.25) is 4.79 Å². The summed E-state index contributed by atoms with van der Waals surface area (Å²) in [5.74, 6) is 0.847. The summed E-state index contributed by atoms with van der Waals surface area (Å²) in [5.41, 5.74) is 0. The van der Waals surface area contributed by atoms with Crippen LogP contribution in [0.2, 0.25) is 0 Å². The normalized spacial score (nSPS) is 10.8. The highest BCUT2D eigenvalue weighted by molar-refractivity contribution is 6.18. The van der Waals surface area contributed by atoms with Gasteiger partial charge >= 0.3 is 0 Å². The molecule has 0 heterocycles. The van der Waals surface area contributed by atoms with Crippen molar-refractivity contribution in [3.05, 3.63) is 0 Å². The van der Waals surface area contributed by atoms with Crippen molar-refractivity contribution in [2.45, 2.75) is 90.9 Å². The fraction of sp³-hybridized carbons (Fsp3) is 0.944. The molecule has 0 fully saturated rings. The molecule has 0 aromatic heterocycles. The number of halogens is 1. The number of nitrogens with zero attached hydrogens (tertiary/aromatic N) is 1. The van der Waals surface area contributed by atoms with Gasteiger partial charge in [-0.05, 0) is 12.8 Å². The van der Waals surface area contributed by atoms with Gasteiger partial charge < -0.3 is 4.90 Å². The van der Waals surface area contributed by atoms with Gasteiger partial charge in [-0.1, -0.05) is 71.6 Å². The van der Waals surface area contributed by atoms with Crippen molar-refractivity contribution in [3.63, 3.8) is 0 Å². The lowest BCUT2D eigenvalue weighted by atomic mass is 10.1. The quantitative estimate of drug-likeness (QED) is 0.277. The Hall–Kier alpha value is -0.240. The predicted octanol–water partition coefficient (Wildman–Crippen LogP) is 5.77. The van der Waals surface area contributed by atoms with Crippen molar-refractivity contribution >= 4 is 17.5 Å². The average Bonchev–Trinajstić information content (AvgIpc) is 2.49. The van der Waals surface area contributed by atoms with E-state index in [4.69, 9.17) is 11.6 Å². The molecule has 0 unspecified atom stereocenters. The molecular formula is C18H36ClNO. The largest absolute Gasteiger partial charge is 0.342 e. The summed E-state index contributed by atoms with van der Waals surface area (Å²) in [6.45, 7) is 5.99. The number of alkyl halides is 1. The molecule has 0 aliphatic carbocycles. The smallest absolute Gasteiger partial charge is 0.222 e. The SMILES string of the molecule is CCCCCCCCCCCC(=O)N(CCCl)CCCC. The van der Waals surface area contributed by atoms with Crippen LogP contribution < -0.4 is 0 Å². The van der Waals surface area contributed by atoms with Crippen LogP contribution >= 0.6 is 11.6 Å². The second-order valence-electron chi connectivity index (χ2n) is 6.00. The number of rotatable bonds is 15. The lowest BCUT2D eigenvalue weighted by Crippen LogP contribution is -2.33. The highest BCUT2D eigenvalue weighted by Gasteiger charge is 2.11. The molecule has 2 nitrogen and oxygen atoms in total. The van der Waals surface area contributed by atoms with E-state index in [-0.39, 0.29) is 0 Å². The summed E-state index contributed by atoms with van der Waals surface area (Å²) in [6, 6.07) is 0. The molecule has 0 saturated heterocycles. The molecular weight excluding hydrogens is 282 g/mol. The van der Waals surface area contributed by atoms with E-state index in [2.05, 4.69) is 13.8 Å². The van der Waals surface area contributed by atoms with Gasteiger partial charge in [0.1, 0.15) is 0 Å². The van der Waals surface area contributed by atoms with Gasteiger partial charge in [0, 0.05) is 25.4 Å². The minimum atomic E-state index is 0.298. The van der Waals surface area contributed by atoms with E-state index in [1.54, 1.807) is 0 Å². The Bertz CT molecular complexity index is 233. The molecule has 0 aliphatic heterocycles. The van der Waals surface area contributed by atoms with E-state index < -0.39 is 0 Å². The second-order valence-corrected chi connectivity index (χ2v) is 6.38. The molecule has 0 atom stereocenters. The van der Waals surface area contributed by atoms with Crippen molar-refractivity contribution in [2.24, 2.45) is 0 Å². The number of carbonyl (C=O) groups excluding carboxylic acids is 1. The molecule has 0 N–H and O–H groups in total. The second kappa shape index (κ2) is 16.1. The molecule has 0 rings (SSSR count). The lowest BCUT2D eigenvalue weighted by molar-refractivity contribution is -0.131. The Morgan fingerprint density at radius 2 is 1.29 bits per heavy atom. The van der Waals surface area contributed by atoms with E-state index in [0.29, 0.717) is 24.8 Å². The summed E-state index contributed by atoms with van der Waals surface area (Å²) in [4.78, 5) is 14.1. The fourth-order valence-electron chi connectivity index (χ4n) is 2.56. The summed E-state index contributed by atoms with van der Waals surface area (Å²) in [7, 11) is 0. The number of hydrogen-bond acceptors (Lipinski definition) is 1. The van der Waals surface area contributed by atoms with E-state index in [9.17, 15) is 4.79 Å². The van der Waals surface area contributed by atoms with Crippen molar-refractivity contribution in [1.29, 1.82) is 0 Å². The van der Waals surface area contributed by atoms with Crippen LogP contribution in [-0.4, -0.2) is 29.8 Å². The van der Waals surface area contributed by atoms with Crippen LogP contribution in [0.4, 0.5) is 0 Å². The maximum Gasteiger partial charge on any atom is 0.222 e. The Kier molecular flexibility index (Phi) is 16.0. The Morgan fingerprint density at radius 3 is 1.81 bits per heavy atom. The van der Waals surface area contributed by atoms with Crippen LogP contribution in [0.3, 0.4) is 0 Å². The maximum absolute atomic E-state index is 12.1. The van der Waals surface area contributed by atoms with Gasteiger partial charge in [0.05, 0.1) is 0 Å². The average molecular weight is 318 g/mol. The van der Waals surface area contributed by atoms with E-state index in [0.717, 1.165) is 25.8 Å². The lowest BCUT2D eigenvalue weighted by Gasteiger charge is -2.21. The molecule has 0 aromatic rings. The first kappa shape index (κ1) is 20.8. The summed E-state index contributed by atoms with van der Waals surface area (Å²) in [6.07, 6.45) is 14.6. The van der Waals surface area contributed by atoms with Gasteiger partial charge in [-0.2, -0.15) is 0 Å². The number of unbranched alkanes of at least 4 members (excludes halogenated alkanes) is 9. The predicted molar refractivity (Wildman–Crippen MR) is 94.1 cm³/mol. The maximum atomic E-state index is 12.1.